The van der Waals surface area contributed by atoms with E-state index in [2.05, 4.69) is 53.3 Å². The van der Waals surface area contributed by atoms with Crippen molar-refractivity contribution in [2.45, 2.75) is 33.2 Å². The highest BCUT2D eigenvalue weighted by Gasteiger charge is 2.14. The second-order valence-electron chi connectivity index (χ2n) is 5.91. The average Bonchev–Trinajstić information content (AvgIpc) is 2.91. The Morgan fingerprint density at radius 2 is 2.25 bits per heavy atom. The van der Waals surface area contributed by atoms with Gasteiger partial charge in [-0.05, 0) is 62.4 Å². The van der Waals surface area contributed by atoms with Crippen LogP contribution in [0.1, 0.15) is 24.0 Å². The summed E-state index contributed by atoms with van der Waals surface area (Å²) in [4.78, 5) is 0. The number of aryl methyl sites for hydroxylation is 1. The quantitative estimate of drug-likeness (QED) is 0.927. The van der Waals surface area contributed by atoms with Gasteiger partial charge in [0.25, 0.3) is 0 Å². The van der Waals surface area contributed by atoms with Crippen molar-refractivity contribution in [3.63, 3.8) is 0 Å². The van der Waals surface area contributed by atoms with Crippen molar-refractivity contribution in [2.24, 2.45) is 5.92 Å². The molecule has 2 heterocycles. The third-order valence-corrected chi connectivity index (χ3v) is 4.39. The summed E-state index contributed by atoms with van der Waals surface area (Å²) in [6.45, 7) is 7.67. The first-order chi connectivity index (χ1) is 9.74. The number of nitrogens with one attached hydrogen (secondary N) is 1. The minimum Gasteiger partial charge on any atom is -0.316 e. The Kier molecular flexibility index (Phi) is 3.88. The van der Waals surface area contributed by atoms with Crippen LogP contribution in [0.4, 0.5) is 0 Å². The fraction of sp³-hybridized carbons (Fsp3) is 0.471. The van der Waals surface area contributed by atoms with Gasteiger partial charge in [0.15, 0.2) is 0 Å². The lowest BCUT2D eigenvalue weighted by Gasteiger charge is -2.22. The molecule has 1 fully saturated rings. The van der Waals surface area contributed by atoms with Crippen molar-refractivity contribution in [1.29, 1.82) is 0 Å². The SMILES string of the molecule is Cc1cccc(-c2cnn(CC3CCCNC3)c2)c1C. The maximum atomic E-state index is 4.55. The number of benzene rings is 1. The number of nitrogens with zero attached hydrogens (tertiary/aromatic N) is 2. The van der Waals surface area contributed by atoms with Gasteiger partial charge in [0.1, 0.15) is 0 Å². The largest absolute Gasteiger partial charge is 0.316 e. The van der Waals surface area contributed by atoms with Crippen molar-refractivity contribution >= 4 is 0 Å². The van der Waals surface area contributed by atoms with E-state index in [0.29, 0.717) is 0 Å². The molecule has 1 aromatic carbocycles. The van der Waals surface area contributed by atoms with Crippen molar-refractivity contribution in [1.82, 2.24) is 15.1 Å². The summed E-state index contributed by atoms with van der Waals surface area (Å²) in [7, 11) is 0. The molecule has 0 spiro atoms. The molecule has 1 saturated heterocycles. The smallest absolute Gasteiger partial charge is 0.0568 e. The first-order valence-electron chi connectivity index (χ1n) is 7.54. The first kappa shape index (κ1) is 13.4. The second-order valence-corrected chi connectivity index (χ2v) is 5.91. The highest BCUT2D eigenvalue weighted by molar-refractivity contribution is 5.67. The summed E-state index contributed by atoms with van der Waals surface area (Å²) in [5, 5.41) is 8.02. The highest BCUT2D eigenvalue weighted by Crippen LogP contribution is 2.25. The lowest BCUT2D eigenvalue weighted by Crippen LogP contribution is -2.32. The van der Waals surface area contributed by atoms with Crippen LogP contribution in [0.15, 0.2) is 30.6 Å². The van der Waals surface area contributed by atoms with Crippen LogP contribution in [-0.2, 0) is 6.54 Å². The summed E-state index contributed by atoms with van der Waals surface area (Å²) in [6, 6.07) is 6.48. The van der Waals surface area contributed by atoms with Gasteiger partial charge in [-0.1, -0.05) is 18.2 Å². The molecule has 1 aromatic heterocycles. The van der Waals surface area contributed by atoms with Crippen molar-refractivity contribution in [2.75, 3.05) is 13.1 Å². The Morgan fingerprint density at radius 1 is 1.35 bits per heavy atom. The summed E-state index contributed by atoms with van der Waals surface area (Å²) < 4.78 is 2.11. The molecule has 1 aliphatic rings. The normalized spacial score (nSPS) is 19.2. The Morgan fingerprint density at radius 3 is 3.05 bits per heavy atom. The molecular weight excluding hydrogens is 246 g/mol. The topological polar surface area (TPSA) is 29.9 Å². The van der Waals surface area contributed by atoms with E-state index in [0.717, 1.165) is 19.0 Å². The fourth-order valence-electron chi connectivity index (χ4n) is 3.01. The summed E-state index contributed by atoms with van der Waals surface area (Å²) >= 11 is 0. The minimum absolute atomic E-state index is 0.718. The van der Waals surface area contributed by atoms with Crippen LogP contribution < -0.4 is 5.32 Å². The molecule has 0 bridgehead atoms. The standard InChI is InChI=1S/C17H23N3/c1-13-5-3-7-17(14(13)2)16-10-19-20(12-16)11-15-6-4-8-18-9-15/h3,5,7,10,12,15,18H,4,6,8-9,11H2,1-2H3. The molecule has 106 valence electrons. The van der Waals surface area contributed by atoms with Crippen LogP contribution >= 0.6 is 0 Å². The van der Waals surface area contributed by atoms with Gasteiger partial charge in [-0.2, -0.15) is 5.10 Å². The molecule has 2 aromatic rings. The van der Waals surface area contributed by atoms with E-state index in [-0.39, 0.29) is 0 Å². The van der Waals surface area contributed by atoms with Crippen LogP contribution in [0.2, 0.25) is 0 Å². The van der Waals surface area contributed by atoms with E-state index in [1.807, 2.05) is 6.20 Å². The lowest BCUT2D eigenvalue weighted by atomic mass is 9.99. The van der Waals surface area contributed by atoms with Crippen LogP contribution in [0.5, 0.6) is 0 Å². The Balaban J connectivity index is 1.77. The molecule has 3 nitrogen and oxygen atoms in total. The fourth-order valence-corrected chi connectivity index (χ4v) is 3.01. The van der Waals surface area contributed by atoms with Gasteiger partial charge in [-0.15, -0.1) is 0 Å². The number of rotatable bonds is 3. The molecule has 3 heteroatoms. The van der Waals surface area contributed by atoms with Crippen LogP contribution in [-0.4, -0.2) is 22.9 Å². The van der Waals surface area contributed by atoms with Gasteiger partial charge in [0, 0.05) is 18.3 Å². The Bertz CT molecular complexity index is 580. The van der Waals surface area contributed by atoms with Gasteiger partial charge in [-0.25, -0.2) is 0 Å². The summed E-state index contributed by atoms with van der Waals surface area (Å²) in [5.41, 5.74) is 5.23. The van der Waals surface area contributed by atoms with E-state index in [4.69, 9.17) is 0 Å². The Hall–Kier alpha value is -1.61. The van der Waals surface area contributed by atoms with Crippen molar-refractivity contribution in [3.05, 3.63) is 41.7 Å². The third-order valence-electron chi connectivity index (χ3n) is 4.39. The van der Waals surface area contributed by atoms with E-state index >= 15 is 0 Å². The van der Waals surface area contributed by atoms with Crippen molar-refractivity contribution < 1.29 is 0 Å². The molecule has 3 rings (SSSR count). The predicted octanol–water partition coefficient (Wildman–Crippen LogP) is 3.17. The maximum absolute atomic E-state index is 4.55. The molecule has 1 unspecified atom stereocenters. The molecule has 1 atom stereocenters. The minimum atomic E-state index is 0.718. The van der Waals surface area contributed by atoms with Crippen LogP contribution in [0.3, 0.4) is 0 Å². The molecule has 0 saturated carbocycles. The number of hydrogen-bond acceptors (Lipinski definition) is 2. The molecular formula is C17H23N3. The first-order valence-corrected chi connectivity index (χ1v) is 7.54. The molecule has 0 amide bonds. The van der Waals surface area contributed by atoms with Crippen LogP contribution in [0.25, 0.3) is 11.1 Å². The molecule has 1 N–H and O–H groups in total. The molecule has 20 heavy (non-hydrogen) atoms. The zero-order valence-corrected chi connectivity index (χ0v) is 12.4. The van der Waals surface area contributed by atoms with Gasteiger partial charge >= 0.3 is 0 Å². The van der Waals surface area contributed by atoms with Gasteiger partial charge in [0.2, 0.25) is 0 Å². The van der Waals surface area contributed by atoms with Gasteiger partial charge in [-0.3, -0.25) is 4.68 Å². The second kappa shape index (κ2) is 5.80. The van der Waals surface area contributed by atoms with E-state index in [9.17, 15) is 0 Å². The molecule has 1 aliphatic heterocycles. The van der Waals surface area contributed by atoms with Crippen molar-refractivity contribution in [3.8, 4) is 11.1 Å². The van der Waals surface area contributed by atoms with Gasteiger partial charge in [0.05, 0.1) is 6.20 Å². The summed E-state index contributed by atoms with van der Waals surface area (Å²) in [5.74, 6) is 0.718. The van der Waals surface area contributed by atoms with E-state index in [1.165, 1.54) is 41.6 Å². The number of hydrogen-bond donors (Lipinski definition) is 1. The van der Waals surface area contributed by atoms with E-state index in [1.54, 1.807) is 0 Å². The maximum Gasteiger partial charge on any atom is 0.0568 e. The zero-order valence-electron chi connectivity index (χ0n) is 12.4. The lowest BCUT2D eigenvalue weighted by molar-refractivity contribution is 0.325. The monoisotopic (exact) mass is 269 g/mol. The van der Waals surface area contributed by atoms with Crippen LogP contribution in [0, 0.1) is 19.8 Å². The number of piperidine rings is 1. The van der Waals surface area contributed by atoms with Gasteiger partial charge < -0.3 is 5.32 Å². The molecule has 0 radical (unpaired) electrons. The average molecular weight is 269 g/mol. The zero-order chi connectivity index (χ0) is 13.9. The van der Waals surface area contributed by atoms with E-state index < -0.39 is 0 Å². The number of aromatic nitrogens is 2. The summed E-state index contributed by atoms with van der Waals surface area (Å²) in [6.07, 6.45) is 6.79. The predicted molar refractivity (Wildman–Crippen MR) is 82.7 cm³/mol. The molecule has 0 aliphatic carbocycles. The third kappa shape index (κ3) is 2.78. The highest BCUT2D eigenvalue weighted by atomic mass is 15.3. The Labute approximate surface area is 121 Å².